The molecule has 1 aromatic carbocycles. The van der Waals surface area contributed by atoms with Crippen molar-refractivity contribution >= 4 is 11.6 Å². The van der Waals surface area contributed by atoms with E-state index in [9.17, 15) is 13.6 Å². The van der Waals surface area contributed by atoms with Gasteiger partial charge >= 0.3 is 0 Å². The topological polar surface area (TPSA) is 42.0 Å². The normalized spacial score (nSPS) is 10.2. The molecule has 0 atom stereocenters. The molecular weight excluding hydrogens is 238 g/mol. The van der Waals surface area contributed by atoms with Gasteiger partial charge in [-0.05, 0) is 25.1 Å². The van der Waals surface area contributed by atoms with Crippen LogP contribution in [0.2, 0.25) is 0 Å². The SMILES string of the molecule is Cc1c(F)cccc1NC(=O)c1ccncc1F. The standard InChI is InChI=1S/C13H10F2N2O/c1-8-10(14)3-2-4-12(8)17-13(18)9-5-6-16-7-11(9)15/h2-7H,1H3,(H,17,18). The minimum atomic E-state index is -0.718. The van der Waals surface area contributed by atoms with Gasteiger partial charge in [0.15, 0.2) is 5.82 Å². The van der Waals surface area contributed by atoms with Crippen molar-refractivity contribution in [2.24, 2.45) is 0 Å². The number of nitrogens with one attached hydrogen (secondary N) is 1. The first kappa shape index (κ1) is 12.2. The Morgan fingerprint density at radius 1 is 1.22 bits per heavy atom. The third kappa shape index (κ3) is 2.34. The second kappa shape index (κ2) is 4.91. The van der Waals surface area contributed by atoms with E-state index in [2.05, 4.69) is 10.3 Å². The van der Waals surface area contributed by atoms with E-state index < -0.39 is 17.5 Å². The Bertz CT molecular complexity index is 599. The number of aromatic nitrogens is 1. The Balaban J connectivity index is 2.27. The molecule has 0 saturated heterocycles. The van der Waals surface area contributed by atoms with Gasteiger partial charge in [-0.1, -0.05) is 6.07 Å². The molecule has 0 spiro atoms. The number of amides is 1. The van der Waals surface area contributed by atoms with Crippen LogP contribution in [-0.4, -0.2) is 10.9 Å². The quantitative estimate of drug-likeness (QED) is 0.887. The summed E-state index contributed by atoms with van der Waals surface area (Å²) in [6, 6.07) is 5.58. The lowest BCUT2D eigenvalue weighted by Crippen LogP contribution is -2.15. The van der Waals surface area contributed by atoms with E-state index >= 15 is 0 Å². The predicted octanol–water partition coefficient (Wildman–Crippen LogP) is 2.92. The van der Waals surface area contributed by atoms with Gasteiger partial charge in [0.1, 0.15) is 5.82 Å². The van der Waals surface area contributed by atoms with Crippen molar-refractivity contribution < 1.29 is 13.6 Å². The van der Waals surface area contributed by atoms with E-state index in [4.69, 9.17) is 0 Å². The van der Waals surface area contributed by atoms with Gasteiger partial charge in [0, 0.05) is 17.4 Å². The number of carbonyl (C=O) groups excluding carboxylic acids is 1. The molecule has 1 N–H and O–H groups in total. The zero-order valence-corrected chi connectivity index (χ0v) is 9.58. The van der Waals surface area contributed by atoms with Crippen molar-refractivity contribution in [3.8, 4) is 0 Å². The number of pyridine rings is 1. The van der Waals surface area contributed by atoms with E-state index in [1.807, 2.05) is 0 Å². The van der Waals surface area contributed by atoms with Crippen molar-refractivity contribution in [3.63, 3.8) is 0 Å². The van der Waals surface area contributed by atoms with Crippen LogP contribution in [0.15, 0.2) is 36.7 Å². The maximum Gasteiger partial charge on any atom is 0.258 e. The van der Waals surface area contributed by atoms with Gasteiger partial charge in [0.2, 0.25) is 0 Å². The molecule has 0 unspecified atom stereocenters. The van der Waals surface area contributed by atoms with Gasteiger partial charge in [-0.25, -0.2) is 8.78 Å². The van der Waals surface area contributed by atoms with Gasteiger partial charge in [0.25, 0.3) is 5.91 Å². The summed E-state index contributed by atoms with van der Waals surface area (Å²) < 4.78 is 26.6. The molecule has 0 radical (unpaired) electrons. The summed E-state index contributed by atoms with van der Waals surface area (Å²) in [5, 5.41) is 2.46. The summed E-state index contributed by atoms with van der Waals surface area (Å²) in [4.78, 5) is 15.3. The maximum absolute atomic E-state index is 13.3. The van der Waals surface area contributed by atoms with Crippen molar-refractivity contribution in [2.75, 3.05) is 5.32 Å². The fourth-order valence-corrected chi connectivity index (χ4v) is 1.49. The lowest BCUT2D eigenvalue weighted by Gasteiger charge is -2.09. The van der Waals surface area contributed by atoms with Crippen LogP contribution in [0.25, 0.3) is 0 Å². The van der Waals surface area contributed by atoms with Crippen molar-refractivity contribution in [1.82, 2.24) is 4.98 Å². The van der Waals surface area contributed by atoms with Crippen LogP contribution in [0.5, 0.6) is 0 Å². The fraction of sp³-hybridized carbons (Fsp3) is 0.0769. The average molecular weight is 248 g/mol. The lowest BCUT2D eigenvalue weighted by atomic mass is 10.1. The largest absolute Gasteiger partial charge is 0.322 e. The molecule has 0 bridgehead atoms. The van der Waals surface area contributed by atoms with Crippen LogP contribution in [0.3, 0.4) is 0 Å². The first-order valence-corrected chi connectivity index (χ1v) is 5.25. The van der Waals surface area contributed by atoms with Crippen LogP contribution < -0.4 is 5.32 Å². The molecule has 3 nitrogen and oxygen atoms in total. The molecule has 0 fully saturated rings. The second-order valence-corrected chi connectivity index (χ2v) is 3.72. The number of hydrogen-bond acceptors (Lipinski definition) is 2. The summed E-state index contributed by atoms with van der Waals surface area (Å²) >= 11 is 0. The monoisotopic (exact) mass is 248 g/mol. The number of rotatable bonds is 2. The maximum atomic E-state index is 13.3. The molecule has 0 saturated carbocycles. The van der Waals surface area contributed by atoms with E-state index in [0.717, 1.165) is 6.20 Å². The van der Waals surface area contributed by atoms with Crippen molar-refractivity contribution in [1.29, 1.82) is 0 Å². The first-order valence-electron chi connectivity index (χ1n) is 5.25. The minimum Gasteiger partial charge on any atom is -0.322 e. The number of carbonyl (C=O) groups is 1. The predicted molar refractivity (Wildman–Crippen MR) is 63.3 cm³/mol. The van der Waals surface area contributed by atoms with Gasteiger partial charge in [-0.15, -0.1) is 0 Å². The molecule has 92 valence electrons. The Labute approximate surface area is 102 Å². The average Bonchev–Trinajstić information content (AvgIpc) is 2.35. The highest BCUT2D eigenvalue weighted by atomic mass is 19.1. The van der Waals surface area contributed by atoms with E-state index in [-0.39, 0.29) is 5.56 Å². The zero-order chi connectivity index (χ0) is 13.1. The molecule has 1 heterocycles. The fourth-order valence-electron chi connectivity index (χ4n) is 1.49. The number of hydrogen-bond donors (Lipinski definition) is 1. The molecule has 2 rings (SSSR count). The Morgan fingerprint density at radius 2 is 2.00 bits per heavy atom. The second-order valence-electron chi connectivity index (χ2n) is 3.72. The zero-order valence-electron chi connectivity index (χ0n) is 9.58. The molecule has 0 aliphatic rings. The smallest absolute Gasteiger partial charge is 0.258 e. The van der Waals surface area contributed by atoms with Crippen LogP contribution >= 0.6 is 0 Å². The summed E-state index contributed by atoms with van der Waals surface area (Å²) in [5.41, 5.74) is 0.491. The third-order valence-electron chi connectivity index (χ3n) is 2.53. The minimum absolute atomic E-state index is 0.131. The molecule has 1 aromatic heterocycles. The molecule has 5 heteroatoms. The Hall–Kier alpha value is -2.30. The molecule has 0 aliphatic heterocycles. The van der Waals surface area contributed by atoms with E-state index in [1.54, 1.807) is 6.07 Å². The number of anilines is 1. The van der Waals surface area contributed by atoms with Gasteiger partial charge < -0.3 is 5.32 Å². The Morgan fingerprint density at radius 3 is 2.72 bits per heavy atom. The van der Waals surface area contributed by atoms with E-state index in [0.29, 0.717) is 11.3 Å². The number of halogens is 2. The highest BCUT2D eigenvalue weighted by Gasteiger charge is 2.13. The van der Waals surface area contributed by atoms with Crippen LogP contribution in [-0.2, 0) is 0 Å². The number of nitrogens with zero attached hydrogens (tertiary/aromatic N) is 1. The number of benzene rings is 1. The molecule has 18 heavy (non-hydrogen) atoms. The first-order chi connectivity index (χ1) is 8.59. The summed E-state index contributed by atoms with van der Waals surface area (Å²) in [6.07, 6.45) is 2.27. The Kier molecular flexibility index (Phi) is 3.32. The summed E-state index contributed by atoms with van der Waals surface area (Å²) in [7, 11) is 0. The summed E-state index contributed by atoms with van der Waals surface area (Å²) in [6.45, 7) is 1.54. The van der Waals surface area contributed by atoms with Crippen molar-refractivity contribution in [2.45, 2.75) is 6.92 Å². The van der Waals surface area contributed by atoms with Gasteiger partial charge in [0.05, 0.1) is 11.8 Å². The van der Waals surface area contributed by atoms with Gasteiger partial charge in [-0.2, -0.15) is 0 Å². The van der Waals surface area contributed by atoms with Gasteiger partial charge in [-0.3, -0.25) is 9.78 Å². The van der Waals surface area contributed by atoms with E-state index in [1.165, 1.54) is 31.3 Å². The van der Waals surface area contributed by atoms with Crippen molar-refractivity contribution in [3.05, 3.63) is 59.4 Å². The lowest BCUT2D eigenvalue weighted by molar-refractivity contribution is 0.102. The molecule has 1 amide bonds. The molecule has 2 aromatic rings. The third-order valence-corrected chi connectivity index (χ3v) is 2.53. The molecular formula is C13H10F2N2O. The van der Waals surface area contributed by atoms with Crippen LogP contribution in [0, 0.1) is 18.6 Å². The summed E-state index contributed by atoms with van der Waals surface area (Å²) in [5.74, 6) is -1.78. The molecule has 0 aliphatic carbocycles. The van der Waals surface area contributed by atoms with Crippen LogP contribution in [0.1, 0.15) is 15.9 Å². The highest BCUT2D eigenvalue weighted by molar-refractivity contribution is 6.04. The van der Waals surface area contributed by atoms with Crippen LogP contribution in [0.4, 0.5) is 14.5 Å². The highest BCUT2D eigenvalue weighted by Crippen LogP contribution is 2.18.